The third-order valence-corrected chi connectivity index (χ3v) is 5.23. The van der Waals surface area contributed by atoms with Crippen molar-refractivity contribution in [2.24, 2.45) is 7.05 Å². The predicted octanol–water partition coefficient (Wildman–Crippen LogP) is 3.29. The Labute approximate surface area is 183 Å². The fourth-order valence-electron chi connectivity index (χ4n) is 3.40. The second-order valence-corrected chi connectivity index (χ2v) is 7.50. The minimum atomic E-state index is -0.304. The van der Waals surface area contributed by atoms with Crippen molar-refractivity contribution >= 4 is 40.1 Å². The SMILES string of the molecule is CNc1cc(Cl)ccc1C(=N)c1cnc2[nH]cc(C(=O)NC(C)c3nccn3C)c2n1. The fourth-order valence-corrected chi connectivity index (χ4v) is 3.57. The average Bonchev–Trinajstić information content (AvgIpc) is 3.38. The van der Waals surface area contributed by atoms with Gasteiger partial charge in [0.1, 0.15) is 17.0 Å². The van der Waals surface area contributed by atoms with Crippen LogP contribution in [0.4, 0.5) is 5.69 Å². The van der Waals surface area contributed by atoms with Gasteiger partial charge in [-0.15, -0.1) is 0 Å². The number of amides is 1. The summed E-state index contributed by atoms with van der Waals surface area (Å²) < 4.78 is 1.85. The maximum atomic E-state index is 12.9. The van der Waals surface area contributed by atoms with Crippen molar-refractivity contribution in [2.75, 3.05) is 12.4 Å². The highest BCUT2D eigenvalue weighted by Crippen LogP contribution is 2.24. The highest BCUT2D eigenvalue weighted by Gasteiger charge is 2.20. The summed E-state index contributed by atoms with van der Waals surface area (Å²) in [5, 5.41) is 15.2. The summed E-state index contributed by atoms with van der Waals surface area (Å²) in [6.07, 6.45) is 6.58. The van der Waals surface area contributed by atoms with Crippen LogP contribution in [-0.2, 0) is 7.05 Å². The van der Waals surface area contributed by atoms with Gasteiger partial charge in [-0.2, -0.15) is 0 Å². The van der Waals surface area contributed by atoms with Crippen LogP contribution in [0.25, 0.3) is 11.2 Å². The van der Waals surface area contributed by atoms with Gasteiger partial charge in [-0.3, -0.25) is 10.2 Å². The number of aromatic nitrogens is 5. The average molecular weight is 437 g/mol. The van der Waals surface area contributed by atoms with E-state index in [9.17, 15) is 4.79 Å². The first-order valence-corrected chi connectivity index (χ1v) is 9.95. The Morgan fingerprint density at radius 3 is 2.81 bits per heavy atom. The molecule has 0 aliphatic carbocycles. The van der Waals surface area contributed by atoms with E-state index in [0.717, 1.165) is 5.82 Å². The molecule has 158 valence electrons. The van der Waals surface area contributed by atoms with Crippen molar-refractivity contribution in [3.05, 3.63) is 70.7 Å². The van der Waals surface area contributed by atoms with Gasteiger partial charge in [0.2, 0.25) is 0 Å². The molecule has 10 heteroatoms. The number of hydrogen-bond donors (Lipinski definition) is 4. The molecule has 0 bridgehead atoms. The van der Waals surface area contributed by atoms with Crippen LogP contribution in [0, 0.1) is 5.41 Å². The first kappa shape index (κ1) is 20.5. The summed E-state index contributed by atoms with van der Waals surface area (Å²) in [4.78, 5) is 29.1. The number of H-pyrrole nitrogens is 1. The lowest BCUT2D eigenvalue weighted by molar-refractivity contribution is 0.0939. The third kappa shape index (κ3) is 3.87. The number of anilines is 1. The van der Waals surface area contributed by atoms with Crippen molar-refractivity contribution in [3.8, 4) is 0 Å². The topological polar surface area (TPSA) is 124 Å². The lowest BCUT2D eigenvalue weighted by atomic mass is 10.1. The van der Waals surface area contributed by atoms with Gasteiger partial charge in [0.15, 0.2) is 5.65 Å². The van der Waals surface area contributed by atoms with Gasteiger partial charge in [0.05, 0.1) is 23.5 Å². The molecule has 4 aromatic rings. The number of nitrogens with zero attached hydrogens (tertiary/aromatic N) is 4. The molecule has 0 radical (unpaired) electrons. The molecular weight excluding hydrogens is 416 g/mol. The second-order valence-electron chi connectivity index (χ2n) is 7.06. The summed E-state index contributed by atoms with van der Waals surface area (Å²) in [5.41, 5.74) is 3.06. The fraction of sp³-hybridized carbons (Fsp3) is 0.190. The molecule has 31 heavy (non-hydrogen) atoms. The molecule has 3 heterocycles. The molecule has 1 atom stereocenters. The third-order valence-electron chi connectivity index (χ3n) is 5.00. The molecule has 1 aromatic carbocycles. The van der Waals surface area contributed by atoms with Crippen LogP contribution in [0.2, 0.25) is 5.02 Å². The minimum Gasteiger partial charge on any atom is -0.388 e. The number of rotatable bonds is 6. The number of carbonyl (C=O) groups is 1. The molecular formula is C21H21ClN8O. The van der Waals surface area contributed by atoms with Crippen LogP contribution in [0.1, 0.15) is 40.4 Å². The summed E-state index contributed by atoms with van der Waals surface area (Å²) in [6, 6.07) is 4.92. The van der Waals surface area contributed by atoms with Crippen LogP contribution in [-0.4, -0.2) is 43.2 Å². The molecule has 0 spiro atoms. The Hall–Kier alpha value is -3.72. The van der Waals surface area contributed by atoms with Gasteiger partial charge >= 0.3 is 0 Å². The van der Waals surface area contributed by atoms with E-state index in [-0.39, 0.29) is 17.7 Å². The lowest BCUT2D eigenvalue weighted by Gasteiger charge is -2.13. The first-order valence-electron chi connectivity index (χ1n) is 9.58. The number of hydrogen-bond acceptors (Lipinski definition) is 6. The second kappa shape index (κ2) is 8.19. The van der Waals surface area contributed by atoms with Crippen LogP contribution in [0.5, 0.6) is 0 Å². The van der Waals surface area contributed by atoms with Crippen LogP contribution >= 0.6 is 11.6 Å². The van der Waals surface area contributed by atoms with Crippen molar-refractivity contribution in [3.63, 3.8) is 0 Å². The summed E-state index contributed by atoms with van der Waals surface area (Å²) in [7, 11) is 3.63. The normalized spacial score (nSPS) is 12.0. The number of halogens is 1. The number of aryl methyl sites for hydroxylation is 1. The van der Waals surface area contributed by atoms with Crippen LogP contribution < -0.4 is 10.6 Å². The van der Waals surface area contributed by atoms with E-state index in [2.05, 4.69) is 30.6 Å². The number of imidazole rings is 1. The molecule has 0 saturated heterocycles. The van der Waals surface area contributed by atoms with E-state index < -0.39 is 0 Å². The minimum absolute atomic E-state index is 0.171. The monoisotopic (exact) mass is 436 g/mol. The van der Waals surface area contributed by atoms with E-state index in [4.69, 9.17) is 17.0 Å². The van der Waals surface area contributed by atoms with E-state index in [1.165, 1.54) is 6.20 Å². The summed E-state index contributed by atoms with van der Waals surface area (Å²) in [5.74, 6) is 0.436. The quantitative estimate of drug-likeness (QED) is 0.345. The molecule has 0 aliphatic rings. The van der Waals surface area contributed by atoms with E-state index in [0.29, 0.717) is 38.7 Å². The Bertz CT molecular complexity index is 1290. The van der Waals surface area contributed by atoms with E-state index in [1.54, 1.807) is 37.6 Å². The lowest BCUT2D eigenvalue weighted by Crippen LogP contribution is -2.28. The predicted molar refractivity (Wildman–Crippen MR) is 120 cm³/mol. The van der Waals surface area contributed by atoms with Gasteiger partial charge in [-0.25, -0.2) is 15.0 Å². The zero-order chi connectivity index (χ0) is 22.1. The van der Waals surface area contributed by atoms with Gasteiger partial charge in [-0.1, -0.05) is 11.6 Å². The van der Waals surface area contributed by atoms with Crippen LogP contribution in [0.3, 0.4) is 0 Å². The molecule has 0 aliphatic heterocycles. The van der Waals surface area contributed by atoms with Crippen molar-refractivity contribution < 1.29 is 4.79 Å². The number of aromatic amines is 1. The zero-order valence-corrected chi connectivity index (χ0v) is 17.9. The largest absolute Gasteiger partial charge is 0.388 e. The van der Waals surface area contributed by atoms with E-state index in [1.807, 2.05) is 24.7 Å². The van der Waals surface area contributed by atoms with Crippen molar-refractivity contribution in [2.45, 2.75) is 13.0 Å². The summed E-state index contributed by atoms with van der Waals surface area (Å²) >= 11 is 6.06. The molecule has 0 fully saturated rings. The molecule has 4 rings (SSSR count). The van der Waals surface area contributed by atoms with Crippen LogP contribution in [0.15, 0.2) is 43.0 Å². The maximum Gasteiger partial charge on any atom is 0.255 e. The highest BCUT2D eigenvalue weighted by atomic mass is 35.5. The Morgan fingerprint density at radius 2 is 2.10 bits per heavy atom. The molecule has 4 N–H and O–H groups in total. The number of fused-ring (bicyclic) bond motifs is 1. The Morgan fingerprint density at radius 1 is 1.29 bits per heavy atom. The highest BCUT2D eigenvalue weighted by molar-refractivity contribution is 6.31. The van der Waals surface area contributed by atoms with Gasteiger partial charge in [-0.05, 0) is 25.1 Å². The smallest absolute Gasteiger partial charge is 0.255 e. The van der Waals surface area contributed by atoms with Crippen molar-refractivity contribution in [1.82, 2.24) is 29.8 Å². The van der Waals surface area contributed by atoms with E-state index >= 15 is 0 Å². The molecule has 0 saturated carbocycles. The maximum absolute atomic E-state index is 12.9. The first-order chi connectivity index (χ1) is 14.9. The Kier molecular flexibility index (Phi) is 5.43. The number of nitrogens with one attached hydrogen (secondary N) is 4. The molecule has 1 unspecified atom stereocenters. The number of carbonyl (C=O) groups excluding carboxylic acids is 1. The molecule has 1 amide bonds. The van der Waals surface area contributed by atoms with Gasteiger partial charge < -0.3 is 20.2 Å². The molecule has 9 nitrogen and oxygen atoms in total. The van der Waals surface area contributed by atoms with Gasteiger partial charge in [0.25, 0.3) is 5.91 Å². The van der Waals surface area contributed by atoms with Crippen molar-refractivity contribution in [1.29, 1.82) is 5.41 Å². The molecule has 3 aromatic heterocycles. The zero-order valence-electron chi connectivity index (χ0n) is 17.2. The Balaban J connectivity index is 1.66. The standard InChI is InChI=1S/C21H21ClN8O/c1-11(20-25-6-7-30(20)3)28-21(31)14-9-26-19-18(14)29-16(10-27-19)17(23)13-5-4-12(22)8-15(13)24-2/h4-11,23-24H,1-3H3,(H,26,27)(H,28,31). The number of benzene rings is 1. The van der Waals surface area contributed by atoms with Gasteiger partial charge in [0, 0.05) is 49.0 Å². The summed E-state index contributed by atoms with van der Waals surface area (Å²) in [6.45, 7) is 1.86.